The Hall–Kier alpha value is -1.89. The van der Waals surface area contributed by atoms with Gasteiger partial charge in [-0.15, -0.1) is 11.3 Å². The molecule has 134 valence electrons. The summed E-state index contributed by atoms with van der Waals surface area (Å²) >= 11 is 8.09. The molecule has 2 fully saturated rings. The second-order valence-corrected chi connectivity index (χ2v) is 8.35. The highest BCUT2D eigenvalue weighted by Gasteiger charge is 2.33. The zero-order valence-electron chi connectivity index (χ0n) is 14.4. The number of aromatic nitrogens is 2. The van der Waals surface area contributed by atoms with Gasteiger partial charge in [0.25, 0.3) is 0 Å². The Kier molecular flexibility index (Phi) is 3.99. The molecular weight excluding hydrogens is 368 g/mol. The van der Waals surface area contributed by atoms with Crippen LogP contribution in [0.5, 0.6) is 5.75 Å². The van der Waals surface area contributed by atoms with Gasteiger partial charge < -0.3 is 15.0 Å². The van der Waals surface area contributed by atoms with Crippen LogP contribution in [0.15, 0.2) is 30.6 Å². The van der Waals surface area contributed by atoms with Gasteiger partial charge in [-0.05, 0) is 37.1 Å². The molecule has 7 heteroatoms. The van der Waals surface area contributed by atoms with Crippen molar-refractivity contribution in [2.45, 2.75) is 24.9 Å². The van der Waals surface area contributed by atoms with Gasteiger partial charge in [-0.3, -0.25) is 0 Å². The van der Waals surface area contributed by atoms with E-state index in [9.17, 15) is 0 Å². The van der Waals surface area contributed by atoms with Crippen molar-refractivity contribution >= 4 is 39.0 Å². The number of fused-ring (bicyclic) bond motifs is 3. The smallest absolute Gasteiger partial charge is 0.140 e. The van der Waals surface area contributed by atoms with Crippen molar-refractivity contribution in [1.29, 1.82) is 0 Å². The molecule has 1 N–H and O–H groups in total. The molecule has 3 aromatic rings. The molecule has 1 aromatic carbocycles. The first kappa shape index (κ1) is 16.3. The van der Waals surface area contributed by atoms with Crippen molar-refractivity contribution in [3.63, 3.8) is 0 Å². The predicted octanol–water partition coefficient (Wildman–Crippen LogP) is 3.96. The average molecular weight is 387 g/mol. The summed E-state index contributed by atoms with van der Waals surface area (Å²) in [7, 11) is 1.67. The minimum atomic E-state index is 0.574. The maximum Gasteiger partial charge on any atom is 0.140 e. The van der Waals surface area contributed by atoms with E-state index in [0.717, 1.165) is 45.3 Å². The van der Waals surface area contributed by atoms with Gasteiger partial charge in [0.1, 0.15) is 22.7 Å². The molecule has 5 nitrogen and oxygen atoms in total. The lowest BCUT2D eigenvalue weighted by atomic mass is 10.1. The molecule has 0 radical (unpaired) electrons. The monoisotopic (exact) mass is 386 g/mol. The van der Waals surface area contributed by atoms with Crippen LogP contribution in [-0.2, 0) is 0 Å². The molecule has 2 unspecified atom stereocenters. The summed E-state index contributed by atoms with van der Waals surface area (Å²) in [6.07, 6.45) is 4.18. The van der Waals surface area contributed by atoms with Crippen LogP contribution in [0.3, 0.4) is 0 Å². The van der Waals surface area contributed by atoms with Crippen molar-refractivity contribution in [3.8, 4) is 16.2 Å². The lowest BCUT2D eigenvalue weighted by Crippen LogP contribution is -2.51. The molecule has 0 spiro atoms. The van der Waals surface area contributed by atoms with Crippen molar-refractivity contribution < 1.29 is 4.74 Å². The van der Waals surface area contributed by atoms with Gasteiger partial charge in [-0.1, -0.05) is 11.6 Å². The SMILES string of the molecule is COc1ccc(Cl)c(-c2cc3c(N4CC5CCC(C4)N5)ncnc3s2)c1. The second kappa shape index (κ2) is 6.37. The fourth-order valence-corrected chi connectivity index (χ4v) is 5.32. The number of halogens is 1. The summed E-state index contributed by atoms with van der Waals surface area (Å²) in [5.74, 6) is 1.83. The maximum atomic E-state index is 6.45. The van der Waals surface area contributed by atoms with E-state index in [2.05, 4.69) is 26.3 Å². The molecule has 0 amide bonds. The van der Waals surface area contributed by atoms with Gasteiger partial charge in [0.15, 0.2) is 0 Å². The molecule has 5 rings (SSSR count). The third-order valence-electron chi connectivity index (χ3n) is 5.26. The minimum absolute atomic E-state index is 0.574. The average Bonchev–Trinajstić information content (AvgIpc) is 3.24. The van der Waals surface area contributed by atoms with Gasteiger partial charge >= 0.3 is 0 Å². The third-order valence-corrected chi connectivity index (χ3v) is 6.67. The topological polar surface area (TPSA) is 50.3 Å². The third kappa shape index (κ3) is 2.73. The molecule has 2 aromatic heterocycles. The summed E-state index contributed by atoms with van der Waals surface area (Å²) in [6.45, 7) is 2.02. The van der Waals surface area contributed by atoms with Crippen LogP contribution in [0, 0.1) is 0 Å². The Bertz CT molecular complexity index is 963. The van der Waals surface area contributed by atoms with E-state index in [0.29, 0.717) is 17.1 Å². The first-order chi connectivity index (χ1) is 12.7. The lowest BCUT2D eigenvalue weighted by Gasteiger charge is -2.33. The number of methoxy groups -OCH3 is 1. The molecule has 26 heavy (non-hydrogen) atoms. The quantitative estimate of drug-likeness (QED) is 0.738. The lowest BCUT2D eigenvalue weighted by molar-refractivity contribution is 0.415. The van der Waals surface area contributed by atoms with Crippen molar-refractivity contribution in [2.75, 3.05) is 25.1 Å². The number of nitrogens with one attached hydrogen (secondary N) is 1. The highest BCUT2D eigenvalue weighted by atomic mass is 35.5. The number of thiophene rings is 1. The summed E-state index contributed by atoms with van der Waals surface area (Å²) in [5.41, 5.74) is 0.973. The number of nitrogens with zero attached hydrogens (tertiary/aromatic N) is 3. The molecule has 2 aliphatic heterocycles. The van der Waals surface area contributed by atoms with Crippen LogP contribution in [0.25, 0.3) is 20.7 Å². The van der Waals surface area contributed by atoms with Gasteiger partial charge in [0, 0.05) is 40.6 Å². The Labute approximate surface area is 161 Å². The van der Waals surface area contributed by atoms with Gasteiger partial charge in [0.2, 0.25) is 0 Å². The summed E-state index contributed by atoms with van der Waals surface area (Å²) in [4.78, 5) is 13.6. The zero-order valence-corrected chi connectivity index (χ0v) is 16.0. The summed E-state index contributed by atoms with van der Waals surface area (Å²) in [6, 6.07) is 9.04. The van der Waals surface area contributed by atoms with E-state index in [-0.39, 0.29) is 0 Å². The number of benzene rings is 1. The Morgan fingerprint density at radius 2 is 2.00 bits per heavy atom. The van der Waals surface area contributed by atoms with E-state index >= 15 is 0 Å². The Balaban J connectivity index is 1.58. The Morgan fingerprint density at radius 3 is 2.77 bits per heavy atom. The van der Waals surface area contributed by atoms with E-state index < -0.39 is 0 Å². The van der Waals surface area contributed by atoms with Crippen molar-refractivity contribution in [3.05, 3.63) is 35.6 Å². The second-order valence-electron chi connectivity index (χ2n) is 6.92. The van der Waals surface area contributed by atoms with E-state index in [1.165, 1.54) is 12.8 Å². The molecule has 0 saturated carbocycles. The molecular formula is C19H19ClN4OS. The molecule has 2 atom stereocenters. The van der Waals surface area contributed by atoms with Crippen molar-refractivity contribution in [1.82, 2.24) is 15.3 Å². The molecule has 2 bridgehead atoms. The zero-order chi connectivity index (χ0) is 17.7. The van der Waals surface area contributed by atoms with Crippen LogP contribution < -0.4 is 15.0 Å². The fourth-order valence-electron chi connectivity index (χ4n) is 4.02. The highest BCUT2D eigenvalue weighted by molar-refractivity contribution is 7.22. The van der Waals surface area contributed by atoms with Crippen LogP contribution in [0.1, 0.15) is 12.8 Å². The van der Waals surface area contributed by atoms with E-state index in [4.69, 9.17) is 16.3 Å². The number of hydrogen-bond acceptors (Lipinski definition) is 6. The van der Waals surface area contributed by atoms with Crippen LogP contribution in [0.4, 0.5) is 5.82 Å². The number of piperazine rings is 1. The molecule has 0 aliphatic carbocycles. The summed E-state index contributed by atoms with van der Waals surface area (Å²) < 4.78 is 5.36. The van der Waals surface area contributed by atoms with Gasteiger partial charge in [0.05, 0.1) is 12.5 Å². The number of hydrogen-bond donors (Lipinski definition) is 1. The number of anilines is 1. The largest absolute Gasteiger partial charge is 0.497 e. The highest BCUT2D eigenvalue weighted by Crippen LogP contribution is 2.40. The van der Waals surface area contributed by atoms with E-state index in [1.807, 2.05) is 18.2 Å². The fraction of sp³-hybridized carbons (Fsp3) is 0.368. The minimum Gasteiger partial charge on any atom is -0.497 e. The molecule has 2 aliphatic rings. The molecule has 2 saturated heterocycles. The van der Waals surface area contributed by atoms with Crippen LogP contribution in [0.2, 0.25) is 5.02 Å². The van der Waals surface area contributed by atoms with Gasteiger partial charge in [-0.25, -0.2) is 9.97 Å². The maximum absolute atomic E-state index is 6.45. The predicted molar refractivity (Wildman–Crippen MR) is 107 cm³/mol. The van der Waals surface area contributed by atoms with Crippen LogP contribution in [-0.4, -0.2) is 42.3 Å². The van der Waals surface area contributed by atoms with Crippen LogP contribution >= 0.6 is 22.9 Å². The first-order valence-electron chi connectivity index (χ1n) is 8.81. The van der Waals surface area contributed by atoms with Gasteiger partial charge in [-0.2, -0.15) is 0 Å². The van der Waals surface area contributed by atoms with Crippen molar-refractivity contribution in [2.24, 2.45) is 0 Å². The standard InChI is InChI=1S/C19H19ClN4OS/c1-25-13-4-5-16(20)14(6-13)17-7-15-18(21-10-22-19(15)26-17)24-8-11-2-3-12(9-24)23-11/h4-7,10-12,23H,2-3,8-9H2,1H3. The normalized spacial score (nSPS) is 22.2. The van der Waals surface area contributed by atoms with E-state index in [1.54, 1.807) is 24.8 Å². The number of ether oxygens (including phenoxy) is 1. The first-order valence-corrected chi connectivity index (χ1v) is 10.00. The Morgan fingerprint density at radius 1 is 1.19 bits per heavy atom. The molecule has 4 heterocycles. The number of rotatable bonds is 3. The summed E-state index contributed by atoms with van der Waals surface area (Å²) in [5, 5.41) is 5.49.